The largest absolute Gasteiger partial charge is 0.492 e. The maximum absolute atomic E-state index is 12.9. The molecular weight excluding hydrogens is 316 g/mol. The molecule has 1 aromatic carbocycles. The van der Waals surface area contributed by atoms with Crippen molar-refractivity contribution in [2.24, 2.45) is 13.0 Å². The molecule has 132 valence electrons. The molecule has 2 aliphatic carbocycles. The molecule has 1 amide bonds. The number of amides is 1. The number of hydrogen-bond acceptors (Lipinski definition) is 4. The first kappa shape index (κ1) is 16.1. The van der Waals surface area contributed by atoms with E-state index >= 15 is 0 Å². The fraction of sp³-hybridized carbons (Fsp3) is 0.526. The van der Waals surface area contributed by atoms with Crippen LogP contribution < -0.4 is 4.74 Å². The van der Waals surface area contributed by atoms with Crippen LogP contribution in [0.25, 0.3) is 0 Å². The van der Waals surface area contributed by atoms with E-state index in [1.165, 1.54) is 25.7 Å². The molecule has 0 aliphatic heterocycles. The minimum absolute atomic E-state index is 0.0534. The van der Waals surface area contributed by atoms with Gasteiger partial charge in [-0.1, -0.05) is 12.1 Å². The van der Waals surface area contributed by atoms with Crippen LogP contribution in [0.2, 0.25) is 0 Å². The average Bonchev–Trinajstić information content (AvgIpc) is 3.53. The Labute approximate surface area is 147 Å². The summed E-state index contributed by atoms with van der Waals surface area (Å²) in [6, 6.07) is 7.48. The van der Waals surface area contributed by atoms with Gasteiger partial charge in [-0.05, 0) is 43.7 Å². The van der Waals surface area contributed by atoms with Gasteiger partial charge in [-0.2, -0.15) is 0 Å². The number of ether oxygens (including phenoxy) is 1. The summed E-state index contributed by atoms with van der Waals surface area (Å²) in [7, 11) is 3.78. The SMILES string of the molecule is CN(Cc1nnc(C2CC2)n1C)C(=O)c1ccccc1OCC1CC1. The van der Waals surface area contributed by atoms with E-state index in [2.05, 4.69) is 10.2 Å². The summed E-state index contributed by atoms with van der Waals surface area (Å²) in [5.74, 6) is 3.66. The topological polar surface area (TPSA) is 60.2 Å². The number of aromatic nitrogens is 3. The number of benzene rings is 1. The lowest BCUT2D eigenvalue weighted by Crippen LogP contribution is -2.28. The fourth-order valence-electron chi connectivity index (χ4n) is 2.96. The van der Waals surface area contributed by atoms with Crippen molar-refractivity contribution in [1.29, 1.82) is 0 Å². The number of rotatable bonds is 7. The lowest BCUT2D eigenvalue weighted by molar-refractivity contribution is 0.0775. The molecule has 1 heterocycles. The normalized spacial score (nSPS) is 16.7. The first-order chi connectivity index (χ1) is 12.1. The van der Waals surface area contributed by atoms with Crippen LogP contribution in [-0.4, -0.2) is 39.2 Å². The standard InChI is InChI=1S/C19H24N4O2/c1-22(11-17-20-21-18(23(17)2)14-9-10-14)19(24)15-5-3-4-6-16(15)25-12-13-7-8-13/h3-6,13-14H,7-12H2,1-2H3. The van der Waals surface area contributed by atoms with Crippen LogP contribution in [0, 0.1) is 5.92 Å². The molecule has 6 heteroatoms. The monoisotopic (exact) mass is 340 g/mol. The molecule has 25 heavy (non-hydrogen) atoms. The maximum Gasteiger partial charge on any atom is 0.257 e. The van der Waals surface area contributed by atoms with Crippen LogP contribution in [0.15, 0.2) is 24.3 Å². The molecule has 6 nitrogen and oxygen atoms in total. The average molecular weight is 340 g/mol. The van der Waals surface area contributed by atoms with Gasteiger partial charge in [0.05, 0.1) is 18.7 Å². The second-order valence-electron chi connectivity index (χ2n) is 7.22. The van der Waals surface area contributed by atoms with Gasteiger partial charge >= 0.3 is 0 Å². The van der Waals surface area contributed by atoms with Gasteiger partial charge in [0.15, 0.2) is 5.82 Å². The summed E-state index contributed by atoms with van der Waals surface area (Å²) in [5, 5.41) is 8.56. The van der Waals surface area contributed by atoms with E-state index in [1.54, 1.807) is 11.9 Å². The first-order valence-corrected chi connectivity index (χ1v) is 8.99. The predicted octanol–water partition coefficient (Wildman–Crippen LogP) is 2.75. The highest BCUT2D eigenvalue weighted by molar-refractivity contribution is 5.96. The van der Waals surface area contributed by atoms with E-state index in [1.807, 2.05) is 35.9 Å². The lowest BCUT2D eigenvalue weighted by atomic mass is 10.1. The second-order valence-corrected chi connectivity index (χ2v) is 7.22. The van der Waals surface area contributed by atoms with Crippen molar-refractivity contribution in [3.8, 4) is 5.75 Å². The zero-order valence-electron chi connectivity index (χ0n) is 14.8. The predicted molar refractivity (Wildman–Crippen MR) is 93.4 cm³/mol. The summed E-state index contributed by atoms with van der Waals surface area (Å²) >= 11 is 0. The lowest BCUT2D eigenvalue weighted by Gasteiger charge is -2.19. The summed E-state index contributed by atoms with van der Waals surface area (Å²) < 4.78 is 7.89. The first-order valence-electron chi connectivity index (χ1n) is 8.99. The highest BCUT2D eigenvalue weighted by Gasteiger charge is 2.30. The van der Waals surface area contributed by atoms with E-state index < -0.39 is 0 Å². The molecule has 0 bridgehead atoms. The van der Waals surface area contributed by atoms with Crippen molar-refractivity contribution >= 4 is 5.91 Å². The molecular formula is C19H24N4O2. The highest BCUT2D eigenvalue weighted by Crippen LogP contribution is 2.38. The summed E-state index contributed by atoms with van der Waals surface area (Å²) in [5.41, 5.74) is 0.607. The quantitative estimate of drug-likeness (QED) is 0.777. The van der Waals surface area contributed by atoms with Gasteiger partial charge in [-0.15, -0.1) is 10.2 Å². The third-order valence-electron chi connectivity index (χ3n) is 4.96. The van der Waals surface area contributed by atoms with E-state index in [0.717, 1.165) is 11.6 Å². The Balaban J connectivity index is 1.46. The third kappa shape index (κ3) is 3.52. The number of carbonyl (C=O) groups excluding carboxylic acids is 1. The number of hydrogen-bond donors (Lipinski definition) is 0. The Bertz CT molecular complexity index is 777. The minimum atomic E-state index is -0.0534. The van der Waals surface area contributed by atoms with Crippen LogP contribution in [0.5, 0.6) is 5.75 Å². The molecule has 0 atom stereocenters. The van der Waals surface area contributed by atoms with Gasteiger partial charge in [-0.3, -0.25) is 4.79 Å². The Hall–Kier alpha value is -2.37. The molecule has 1 aromatic heterocycles. The molecule has 0 spiro atoms. The van der Waals surface area contributed by atoms with Gasteiger partial charge in [0.2, 0.25) is 0 Å². The van der Waals surface area contributed by atoms with Crippen LogP contribution in [0.3, 0.4) is 0 Å². The Morgan fingerprint density at radius 3 is 2.72 bits per heavy atom. The van der Waals surface area contributed by atoms with Crippen molar-refractivity contribution in [3.63, 3.8) is 0 Å². The molecule has 2 fully saturated rings. The molecule has 2 saturated carbocycles. The Morgan fingerprint density at radius 2 is 2.00 bits per heavy atom. The van der Waals surface area contributed by atoms with Crippen molar-refractivity contribution in [1.82, 2.24) is 19.7 Å². The smallest absolute Gasteiger partial charge is 0.257 e. The van der Waals surface area contributed by atoms with Gasteiger partial charge in [0, 0.05) is 20.0 Å². The van der Waals surface area contributed by atoms with Gasteiger partial charge in [0.25, 0.3) is 5.91 Å². The molecule has 2 aromatic rings. The Kier molecular flexibility index (Phi) is 4.19. The number of para-hydroxylation sites is 1. The maximum atomic E-state index is 12.9. The highest BCUT2D eigenvalue weighted by atomic mass is 16.5. The molecule has 4 rings (SSSR count). The van der Waals surface area contributed by atoms with Crippen LogP contribution in [0.1, 0.15) is 53.6 Å². The van der Waals surface area contributed by atoms with Crippen LogP contribution in [0.4, 0.5) is 0 Å². The second kappa shape index (κ2) is 6.50. The summed E-state index contributed by atoms with van der Waals surface area (Å²) in [4.78, 5) is 14.6. The summed E-state index contributed by atoms with van der Waals surface area (Å²) in [6.07, 6.45) is 4.83. The zero-order valence-corrected chi connectivity index (χ0v) is 14.8. The fourth-order valence-corrected chi connectivity index (χ4v) is 2.96. The third-order valence-corrected chi connectivity index (χ3v) is 4.96. The Morgan fingerprint density at radius 1 is 1.24 bits per heavy atom. The van der Waals surface area contributed by atoms with Gasteiger partial charge in [-0.25, -0.2) is 0 Å². The van der Waals surface area contributed by atoms with E-state index in [9.17, 15) is 4.79 Å². The molecule has 0 saturated heterocycles. The molecule has 0 N–H and O–H groups in total. The van der Waals surface area contributed by atoms with E-state index in [0.29, 0.717) is 36.3 Å². The van der Waals surface area contributed by atoms with E-state index in [-0.39, 0.29) is 5.91 Å². The number of nitrogens with zero attached hydrogens (tertiary/aromatic N) is 4. The minimum Gasteiger partial charge on any atom is -0.492 e. The van der Waals surface area contributed by atoms with Crippen LogP contribution in [-0.2, 0) is 13.6 Å². The summed E-state index contributed by atoms with van der Waals surface area (Å²) in [6.45, 7) is 1.13. The van der Waals surface area contributed by atoms with Crippen molar-refractivity contribution < 1.29 is 9.53 Å². The van der Waals surface area contributed by atoms with Crippen molar-refractivity contribution in [3.05, 3.63) is 41.5 Å². The van der Waals surface area contributed by atoms with Crippen molar-refractivity contribution in [2.75, 3.05) is 13.7 Å². The molecule has 2 aliphatic rings. The van der Waals surface area contributed by atoms with Crippen molar-refractivity contribution in [2.45, 2.75) is 38.1 Å². The van der Waals surface area contributed by atoms with Gasteiger partial charge in [0.1, 0.15) is 11.6 Å². The number of carbonyl (C=O) groups is 1. The van der Waals surface area contributed by atoms with Gasteiger partial charge < -0.3 is 14.2 Å². The zero-order chi connectivity index (χ0) is 17.4. The molecule has 0 radical (unpaired) electrons. The molecule has 0 unspecified atom stereocenters. The van der Waals surface area contributed by atoms with Crippen LogP contribution >= 0.6 is 0 Å². The van der Waals surface area contributed by atoms with E-state index in [4.69, 9.17) is 4.74 Å².